The molecule has 0 aliphatic carbocycles. The summed E-state index contributed by atoms with van der Waals surface area (Å²) in [6, 6.07) is 6.09. The van der Waals surface area contributed by atoms with Gasteiger partial charge in [-0.3, -0.25) is 0 Å². The van der Waals surface area contributed by atoms with Crippen LogP contribution in [0.4, 0.5) is 17.3 Å². The van der Waals surface area contributed by atoms with Crippen molar-refractivity contribution >= 4 is 49.2 Å². The van der Waals surface area contributed by atoms with Gasteiger partial charge in [-0.05, 0) is 47.5 Å². The van der Waals surface area contributed by atoms with Crippen molar-refractivity contribution in [1.82, 2.24) is 9.97 Å². The largest absolute Gasteiger partial charge is 0.369 e. The average molecular weight is 386 g/mol. The number of nitrogens with one attached hydrogen (secondary N) is 2. The minimum atomic E-state index is 0.738. The van der Waals surface area contributed by atoms with Crippen LogP contribution < -0.4 is 10.6 Å². The predicted octanol–water partition coefficient (Wildman–Crippen LogP) is 4.49. The SMILES string of the molecule is CCNc1ncnc(Nc2ccc(C)c(Br)c2)c1Br. The van der Waals surface area contributed by atoms with Gasteiger partial charge in [0, 0.05) is 16.7 Å². The molecule has 0 amide bonds. The van der Waals surface area contributed by atoms with E-state index in [4.69, 9.17) is 0 Å². The Morgan fingerprint density at radius 1 is 1.16 bits per heavy atom. The lowest BCUT2D eigenvalue weighted by Gasteiger charge is -2.11. The molecule has 0 aliphatic rings. The Hall–Kier alpha value is -1.14. The van der Waals surface area contributed by atoms with Crippen LogP contribution in [0.25, 0.3) is 0 Å². The third-order valence-electron chi connectivity index (χ3n) is 2.57. The molecule has 0 saturated carbocycles. The standard InChI is InChI=1S/C13H14Br2N4/c1-3-16-12-11(15)13(18-7-17-12)19-9-5-4-8(2)10(14)6-9/h4-7H,3H2,1-2H3,(H2,16,17,18,19). The van der Waals surface area contributed by atoms with Crippen LogP contribution >= 0.6 is 31.9 Å². The lowest BCUT2D eigenvalue weighted by Crippen LogP contribution is -2.03. The highest BCUT2D eigenvalue weighted by Gasteiger charge is 2.08. The Bertz CT molecular complexity index is 587. The van der Waals surface area contributed by atoms with Crippen molar-refractivity contribution in [3.05, 3.63) is 39.0 Å². The van der Waals surface area contributed by atoms with Crippen molar-refractivity contribution in [3.63, 3.8) is 0 Å². The molecule has 2 rings (SSSR count). The third kappa shape index (κ3) is 3.45. The van der Waals surface area contributed by atoms with E-state index in [9.17, 15) is 0 Å². The molecule has 0 spiro atoms. The number of rotatable bonds is 4. The van der Waals surface area contributed by atoms with Crippen LogP contribution in [0.2, 0.25) is 0 Å². The molecule has 1 aromatic carbocycles. The van der Waals surface area contributed by atoms with Gasteiger partial charge >= 0.3 is 0 Å². The van der Waals surface area contributed by atoms with E-state index in [1.54, 1.807) is 0 Å². The van der Waals surface area contributed by atoms with Crippen LogP contribution in [0.15, 0.2) is 33.5 Å². The van der Waals surface area contributed by atoms with Crippen LogP contribution in [-0.2, 0) is 0 Å². The number of hydrogen-bond acceptors (Lipinski definition) is 4. The smallest absolute Gasteiger partial charge is 0.150 e. The van der Waals surface area contributed by atoms with Gasteiger partial charge in [0.05, 0.1) is 0 Å². The van der Waals surface area contributed by atoms with Crippen molar-refractivity contribution in [2.45, 2.75) is 13.8 Å². The number of benzene rings is 1. The summed E-state index contributed by atoms with van der Waals surface area (Å²) in [4.78, 5) is 8.43. The van der Waals surface area contributed by atoms with E-state index in [-0.39, 0.29) is 0 Å². The van der Waals surface area contributed by atoms with Crippen LogP contribution in [0.3, 0.4) is 0 Å². The lowest BCUT2D eigenvalue weighted by molar-refractivity contribution is 1.10. The molecule has 19 heavy (non-hydrogen) atoms. The molecule has 2 N–H and O–H groups in total. The van der Waals surface area contributed by atoms with Crippen molar-refractivity contribution in [1.29, 1.82) is 0 Å². The van der Waals surface area contributed by atoms with Gasteiger partial charge in [-0.2, -0.15) is 0 Å². The number of aryl methyl sites for hydroxylation is 1. The van der Waals surface area contributed by atoms with Gasteiger partial charge in [0.25, 0.3) is 0 Å². The van der Waals surface area contributed by atoms with Crippen molar-refractivity contribution < 1.29 is 0 Å². The molecule has 0 radical (unpaired) electrons. The molecule has 2 aromatic rings. The zero-order valence-corrected chi connectivity index (χ0v) is 13.8. The molecular formula is C13H14Br2N4. The Morgan fingerprint density at radius 3 is 2.58 bits per heavy atom. The molecule has 0 fully saturated rings. The molecular weight excluding hydrogens is 372 g/mol. The molecule has 0 aliphatic heterocycles. The second-order valence-corrected chi connectivity index (χ2v) is 5.65. The summed E-state index contributed by atoms with van der Waals surface area (Å²) in [6.45, 7) is 4.89. The van der Waals surface area contributed by atoms with Crippen molar-refractivity contribution in [2.24, 2.45) is 0 Å². The van der Waals surface area contributed by atoms with Crippen LogP contribution in [0, 0.1) is 6.92 Å². The zero-order chi connectivity index (χ0) is 13.8. The maximum atomic E-state index is 4.24. The van der Waals surface area contributed by atoms with Gasteiger partial charge in [-0.25, -0.2) is 9.97 Å². The highest BCUT2D eigenvalue weighted by Crippen LogP contribution is 2.30. The summed E-state index contributed by atoms with van der Waals surface area (Å²) in [5.74, 6) is 1.52. The summed E-state index contributed by atoms with van der Waals surface area (Å²) in [5.41, 5.74) is 2.17. The summed E-state index contributed by atoms with van der Waals surface area (Å²) in [5, 5.41) is 6.45. The van der Waals surface area contributed by atoms with E-state index in [0.29, 0.717) is 0 Å². The van der Waals surface area contributed by atoms with E-state index in [1.807, 2.05) is 25.1 Å². The second-order valence-electron chi connectivity index (χ2n) is 4.00. The molecule has 0 saturated heterocycles. The second kappa shape index (κ2) is 6.34. The lowest BCUT2D eigenvalue weighted by atomic mass is 10.2. The molecule has 0 atom stereocenters. The summed E-state index contributed by atoms with van der Waals surface area (Å²) in [7, 11) is 0. The minimum Gasteiger partial charge on any atom is -0.369 e. The molecule has 1 heterocycles. The summed E-state index contributed by atoms with van der Waals surface area (Å²) < 4.78 is 1.89. The first kappa shape index (κ1) is 14.3. The van der Waals surface area contributed by atoms with E-state index < -0.39 is 0 Å². The van der Waals surface area contributed by atoms with Crippen molar-refractivity contribution in [2.75, 3.05) is 17.2 Å². The number of halogens is 2. The first-order valence-corrected chi connectivity index (χ1v) is 7.48. The van der Waals surface area contributed by atoms with Crippen molar-refractivity contribution in [3.8, 4) is 0 Å². The molecule has 0 unspecified atom stereocenters. The Morgan fingerprint density at radius 2 is 1.89 bits per heavy atom. The normalized spacial score (nSPS) is 10.3. The maximum absolute atomic E-state index is 4.24. The van der Waals surface area contributed by atoms with Gasteiger partial charge < -0.3 is 10.6 Å². The van der Waals surface area contributed by atoms with Crippen LogP contribution in [0.5, 0.6) is 0 Å². The molecule has 6 heteroatoms. The number of hydrogen-bond donors (Lipinski definition) is 2. The maximum Gasteiger partial charge on any atom is 0.150 e. The Kier molecular flexibility index (Phi) is 4.76. The minimum absolute atomic E-state index is 0.738. The third-order valence-corrected chi connectivity index (χ3v) is 4.17. The summed E-state index contributed by atoms with van der Waals surface area (Å²) in [6.07, 6.45) is 1.54. The molecule has 100 valence electrons. The number of anilines is 3. The number of nitrogens with zero attached hydrogens (tertiary/aromatic N) is 2. The highest BCUT2D eigenvalue weighted by molar-refractivity contribution is 9.11. The van der Waals surface area contributed by atoms with Crippen LogP contribution in [-0.4, -0.2) is 16.5 Å². The van der Waals surface area contributed by atoms with Crippen LogP contribution in [0.1, 0.15) is 12.5 Å². The van der Waals surface area contributed by atoms with E-state index >= 15 is 0 Å². The Labute approximate surface area is 129 Å². The van der Waals surface area contributed by atoms with Gasteiger partial charge in [-0.15, -0.1) is 0 Å². The van der Waals surface area contributed by atoms with Gasteiger partial charge in [0.15, 0.2) is 0 Å². The van der Waals surface area contributed by atoms with E-state index in [0.717, 1.165) is 32.8 Å². The fraction of sp³-hybridized carbons (Fsp3) is 0.231. The molecule has 0 bridgehead atoms. The first-order chi connectivity index (χ1) is 9.11. The molecule has 1 aromatic heterocycles. The number of aromatic nitrogens is 2. The molecule has 4 nitrogen and oxygen atoms in total. The first-order valence-electron chi connectivity index (χ1n) is 5.89. The topological polar surface area (TPSA) is 49.8 Å². The van der Waals surface area contributed by atoms with Gasteiger partial charge in [-0.1, -0.05) is 22.0 Å². The zero-order valence-electron chi connectivity index (χ0n) is 10.7. The monoisotopic (exact) mass is 384 g/mol. The quantitative estimate of drug-likeness (QED) is 0.814. The average Bonchev–Trinajstić information content (AvgIpc) is 2.39. The van der Waals surface area contributed by atoms with E-state index in [2.05, 4.69) is 59.4 Å². The fourth-order valence-corrected chi connectivity index (χ4v) is 2.38. The Balaban J connectivity index is 2.27. The highest BCUT2D eigenvalue weighted by atomic mass is 79.9. The summed E-state index contributed by atoms with van der Waals surface area (Å²) >= 11 is 7.03. The fourth-order valence-electron chi connectivity index (χ4n) is 1.56. The van der Waals surface area contributed by atoms with E-state index in [1.165, 1.54) is 11.9 Å². The predicted molar refractivity (Wildman–Crippen MR) is 86.1 cm³/mol. The van der Waals surface area contributed by atoms with Gasteiger partial charge in [0.1, 0.15) is 22.4 Å². The van der Waals surface area contributed by atoms with Gasteiger partial charge in [0.2, 0.25) is 0 Å².